The van der Waals surface area contributed by atoms with Gasteiger partial charge in [-0.25, -0.2) is 0 Å². The molecule has 0 aromatic heterocycles. The largest absolute Gasteiger partial charge is 0.352 e. The minimum Gasteiger partial charge on any atom is -0.352 e. The van der Waals surface area contributed by atoms with Crippen molar-refractivity contribution in [3.63, 3.8) is 0 Å². The minimum absolute atomic E-state index is 0.0337. The van der Waals surface area contributed by atoms with Crippen LogP contribution in [0, 0.1) is 0 Å². The normalized spacial score (nSPS) is 12.3. The molecule has 3 nitrogen and oxygen atoms in total. The van der Waals surface area contributed by atoms with Gasteiger partial charge in [-0.05, 0) is 30.5 Å². The number of benzene rings is 1. The maximum Gasteiger partial charge on any atom is 0.251 e. The van der Waals surface area contributed by atoms with Gasteiger partial charge in [0.15, 0.2) is 0 Å². The van der Waals surface area contributed by atoms with Crippen molar-refractivity contribution in [1.82, 2.24) is 5.32 Å². The third-order valence-electron chi connectivity index (χ3n) is 2.87. The number of rotatable bonds is 7. The van der Waals surface area contributed by atoms with Gasteiger partial charge in [-0.1, -0.05) is 36.9 Å². The molecule has 1 aromatic carbocycles. The zero-order valence-electron chi connectivity index (χ0n) is 11.8. The first-order valence-corrected chi connectivity index (χ1v) is 7.32. The van der Waals surface area contributed by atoms with Crippen LogP contribution in [-0.4, -0.2) is 24.2 Å². The van der Waals surface area contributed by atoms with E-state index in [4.69, 9.17) is 5.73 Å². The maximum absolute atomic E-state index is 12.0. The van der Waals surface area contributed by atoms with Crippen molar-refractivity contribution in [1.29, 1.82) is 0 Å². The number of hydrogen-bond donors (Lipinski definition) is 3. The summed E-state index contributed by atoms with van der Waals surface area (Å²) in [5.74, 6) is 0.552. The van der Waals surface area contributed by atoms with E-state index in [1.54, 1.807) is 6.08 Å². The summed E-state index contributed by atoms with van der Waals surface area (Å²) in [5, 5.41) is 2.81. The Morgan fingerprint density at radius 2 is 2.30 bits per heavy atom. The average Bonchev–Trinajstić information content (AvgIpc) is 2.47. The molecule has 3 N–H and O–H groups in total. The third-order valence-corrected chi connectivity index (χ3v) is 3.29. The number of hydrogen-bond acceptors (Lipinski definition) is 3. The fourth-order valence-corrected chi connectivity index (χ4v) is 1.92. The van der Waals surface area contributed by atoms with Crippen molar-refractivity contribution in [3.8, 4) is 0 Å². The van der Waals surface area contributed by atoms with E-state index in [2.05, 4.69) is 24.5 Å². The molecule has 1 aromatic rings. The standard InChI is InChI=1S/C16H22N2OS/c1-3-13-9-8-12(6-5-7-14(17)11-20)10-15(13)16(19)18-4-2/h3,5,7-10,14,20H,1,4,6,11,17H2,2H3,(H,18,19)/b7-5+. The first kappa shape index (κ1) is 16.5. The SMILES string of the molecule is C=Cc1ccc(C/C=C/C(N)CS)cc1C(=O)NCC. The third kappa shape index (κ3) is 4.87. The zero-order valence-corrected chi connectivity index (χ0v) is 12.7. The second-order valence-corrected chi connectivity index (χ2v) is 4.83. The van der Waals surface area contributed by atoms with E-state index >= 15 is 0 Å². The lowest BCUT2D eigenvalue weighted by Gasteiger charge is -2.08. The van der Waals surface area contributed by atoms with Gasteiger partial charge in [0.05, 0.1) is 0 Å². The van der Waals surface area contributed by atoms with Gasteiger partial charge in [-0.15, -0.1) is 0 Å². The Morgan fingerprint density at radius 1 is 1.55 bits per heavy atom. The molecule has 1 rings (SSSR count). The molecule has 108 valence electrons. The molecule has 0 aliphatic heterocycles. The van der Waals surface area contributed by atoms with Gasteiger partial charge in [0.1, 0.15) is 0 Å². The highest BCUT2D eigenvalue weighted by Crippen LogP contribution is 2.14. The maximum atomic E-state index is 12.0. The molecule has 0 spiro atoms. The highest BCUT2D eigenvalue weighted by atomic mass is 32.1. The quantitative estimate of drug-likeness (QED) is 0.533. The van der Waals surface area contributed by atoms with Crippen LogP contribution in [0.3, 0.4) is 0 Å². The van der Waals surface area contributed by atoms with Gasteiger partial charge in [0.2, 0.25) is 0 Å². The van der Waals surface area contributed by atoms with Crippen molar-refractivity contribution in [3.05, 3.63) is 53.6 Å². The summed E-state index contributed by atoms with van der Waals surface area (Å²) in [6.07, 6.45) is 6.37. The summed E-state index contributed by atoms with van der Waals surface area (Å²) >= 11 is 4.13. The molecule has 4 heteroatoms. The Kier molecular flexibility index (Phi) is 7.12. The summed E-state index contributed by atoms with van der Waals surface area (Å²) in [5.41, 5.74) is 8.33. The van der Waals surface area contributed by atoms with E-state index in [-0.39, 0.29) is 11.9 Å². The second-order valence-electron chi connectivity index (χ2n) is 4.46. The molecule has 1 amide bonds. The van der Waals surface area contributed by atoms with Crippen molar-refractivity contribution < 1.29 is 4.79 Å². The molecule has 0 saturated carbocycles. The first-order chi connectivity index (χ1) is 9.62. The van der Waals surface area contributed by atoms with Crippen molar-refractivity contribution in [2.24, 2.45) is 5.73 Å². The summed E-state index contributed by atoms with van der Waals surface area (Å²) in [4.78, 5) is 12.0. The van der Waals surface area contributed by atoms with Crippen LogP contribution in [0.1, 0.15) is 28.4 Å². The van der Waals surface area contributed by atoms with Gasteiger partial charge >= 0.3 is 0 Å². The predicted octanol–water partition coefficient (Wildman–Crippen LogP) is 2.44. The van der Waals surface area contributed by atoms with Crippen LogP contribution in [0.5, 0.6) is 0 Å². The number of allylic oxidation sites excluding steroid dienone is 1. The number of carbonyl (C=O) groups is 1. The number of carbonyl (C=O) groups excluding carboxylic acids is 1. The molecule has 20 heavy (non-hydrogen) atoms. The average molecular weight is 290 g/mol. The smallest absolute Gasteiger partial charge is 0.251 e. The summed E-state index contributed by atoms with van der Waals surface area (Å²) in [6, 6.07) is 5.78. The van der Waals surface area contributed by atoms with E-state index < -0.39 is 0 Å². The Balaban J connectivity index is 2.89. The zero-order chi connectivity index (χ0) is 15.0. The van der Waals surface area contributed by atoms with Crippen LogP contribution in [-0.2, 0) is 6.42 Å². The van der Waals surface area contributed by atoms with Gasteiger partial charge in [0.25, 0.3) is 5.91 Å². The van der Waals surface area contributed by atoms with E-state index in [1.165, 1.54) is 0 Å². The van der Waals surface area contributed by atoms with Gasteiger partial charge in [0, 0.05) is 23.9 Å². The minimum atomic E-state index is -0.0692. The highest BCUT2D eigenvalue weighted by Gasteiger charge is 2.09. The van der Waals surface area contributed by atoms with E-state index in [0.29, 0.717) is 17.9 Å². The van der Waals surface area contributed by atoms with Crippen molar-refractivity contribution in [2.45, 2.75) is 19.4 Å². The van der Waals surface area contributed by atoms with Gasteiger partial charge in [-0.3, -0.25) is 4.79 Å². The molecule has 0 aliphatic rings. The van der Waals surface area contributed by atoms with Crippen LogP contribution in [0.2, 0.25) is 0 Å². The van der Waals surface area contributed by atoms with E-state index in [1.807, 2.05) is 37.3 Å². The fraction of sp³-hybridized carbons (Fsp3) is 0.312. The molecular weight excluding hydrogens is 268 g/mol. The number of nitrogens with two attached hydrogens (primary N) is 1. The molecule has 0 aliphatic carbocycles. The van der Waals surface area contributed by atoms with Crippen molar-refractivity contribution >= 4 is 24.6 Å². The highest BCUT2D eigenvalue weighted by molar-refractivity contribution is 7.80. The Bertz CT molecular complexity index is 497. The first-order valence-electron chi connectivity index (χ1n) is 6.69. The molecule has 0 heterocycles. The number of amides is 1. The van der Waals surface area contributed by atoms with Crippen LogP contribution >= 0.6 is 12.6 Å². The van der Waals surface area contributed by atoms with Crippen LogP contribution in [0.4, 0.5) is 0 Å². The monoisotopic (exact) mass is 290 g/mol. The molecule has 0 radical (unpaired) electrons. The molecule has 0 saturated heterocycles. The Hall–Kier alpha value is -1.52. The van der Waals surface area contributed by atoms with Crippen LogP contribution in [0.25, 0.3) is 6.08 Å². The summed E-state index contributed by atoms with van der Waals surface area (Å²) in [7, 11) is 0. The fourth-order valence-electron chi connectivity index (χ4n) is 1.80. The predicted molar refractivity (Wildman–Crippen MR) is 89.2 cm³/mol. The van der Waals surface area contributed by atoms with Crippen LogP contribution in [0.15, 0.2) is 36.9 Å². The number of thiol groups is 1. The lowest BCUT2D eigenvalue weighted by atomic mass is 10.0. The lowest BCUT2D eigenvalue weighted by molar-refractivity contribution is 0.0955. The van der Waals surface area contributed by atoms with Gasteiger partial charge in [-0.2, -0.15) is 12.6 Å². The van der Waals surface area contributed by atoms with Crippen molar-refractivity contribution in [2.75, 3.05) is 12.3 Å². The second kappa shape index (κ2) is 8.61. The van der Waals surface area contributed by atoms with E-state index in [0.717, 1.165) is 17.5 Å². The number of nitrogens with one attached hydrogen (secondary N) is 1. The Morgan fingerprint density at radius 3 is 2.90 bits per heavy atom. The molecule has 1 atom stereocenters. The Labute approximate surface area is 126 Å². The van der Waals surface area contributed by atoms with E-state index in [9.17, 15) is 4.79 Å². The van der Waals surface area contributed by atoms with Crippen LogP contribution < -0.4 is 11.1 Å². The summed E-state index contributed by atoms with van der Waals surface area (Å²) in [6.45, 7) is 6.25. The summed E-state index contributed by atoms with van der Waals surface area (Å²) < 4.78 is 0. The lowest BCUT2D eigenvalue weighted by Crippen LogP contribution is -2.23. The molecule has 0 fully saturated rings. The molecule has 1 unspecified atom stereocenters. The van der Waals surface area contributed by atoms with Gasteiger partial charge < -0.3 is 11.1 Å². The topological polar surface area (TPSA) is 55.1 Å². The molecular formula is C16H22N2OS. The molecule has 0 bridgehead atoms.